The Bertz CT molecular complexity index is 674. The molecule has 5 heteroatoms. The van der Waals surface area contributed by atoms with Crippen LogP contribution in [0.4, 0.5) is 5.69 Å². The van der Waals surface area contributed by atoms with E-state index in [1.165, 1.54) is 5.56 Å². The molecular formula is C17H22BNO3. The Morgan fingerprint density at radius 2 is 2.14 bits per heavy atom. The fourth-order valence-electron chi connectivity index (χ4n) is 3.34. The third-order valence-corrected chi connectivity index (χ3v) is 4.42. The predicted octanol–water partition coefficient (Wildman–Crippen LogP) is 3.25. The van der Waals surface area contributed by atoms with Gasteiger partial charge in [0.1, 0.15) is 5.75 Å². The number of methoxy groups -OCH3 is 1. The van der Waals surface area contributed by atoms with Crippen LogP contribution in [0.1, 0.15) is 24.8 Å². The van der Waals surface area contributed by atoms with Crippen molar-refractivity contribution in [3.8, 4) is 5.75 Å². The van der Waals surface area contributed by atoms with Gasteiger partial charge in [-0.15, -0.1) is 0 Å². The summed E-state index contributed by atoms with van der Waals surface area (Å²) in [5.41, 5.74) is 2.27. The summed E-state index contributed by atoms with van der Waals surface area (Å²) in [6, 6.07) is 10.4. The van der Waals surface area contributed by atoms with Gasteiger partial charge in [-0.05, 0) is 24.7 Å². The number of anilines is 1. The zero-order valence-electron chi connectivity index (χ0n) is 13.4. The Morgan fingerprint density at radius 1 is 1.36 bits per heavy atom. The standard InChI is InChI=1S/C17H22BNO3/c1-4-12-10-19(18(2)20)15-9-13-7-5-6-8-14(13)17(16(12)15)22-11-21-3/h5-9,12,20H,4,10-11H2,1-3H3. The molecule has 2 aromatic carbocycles. The average Bonchev–Trinajstić information content (AvgIpc) is 2.90. The van der Waals surface area contributed by atoms with Crippen molar-refractivity contribution in [2.75, 3.05) is 25.3 Å². The molecule has 4 nitrogen and oxygen atoms in total. The molecule has 0 fully saturated rings. The van der Waals surface area contributed by atoms with Crippen molar-refractivity contribution in [3.63, 3.8) is 0 Å². The van der Waals surface area contributed by atoms with Crippen LogP contribution in [-0.2, 0) is 4.74 Å². The van der Waals surface area contributed by atoms with Crippen molar-refractivity contribution in [2.45, 2.75) is 26.1 Å². The number of rotatable bonds is 5. The summed E-state index contributed by atoms with van der Waals surface area (Å²) < 4.78 is 11.1. The third kappa shape index (κ3) is 2.44. The predicted molar refractivity (Wildman–Crippen MR) is 90.7 cm³/mol. The van der Waals surface area contributed by atoms with Crippen molar-refractivity contribution >= 4 is 23.5 Å². The summed E-state index contributed by atoms with van der Waals surface area (Å²) in [5, 5.41) is 12.3. The lowest BCUT2D eigenvalue weighted by molar-refractivity contribution is 0.0515. The van der Waals surface area contributed by atoms with Crippen molar-refractivity contribution in [1.82, 2.24) is 0 Å². The maximum atomic E-state index is 10.1. The summed E-state index contributed by atoms with van der Waals surface area (Å²) >= 11 is 0. The van der Waals surface area contributed by atoms with Crippen molar-refractivity contribution < 1.29 is 14.5 Å². The van der Waals surface area contributed by atoms with Crippen LogP contribution < -0.4 is 9.55 Å². The highest BCUT2D eigenvalue weighted by molar-refractivity contribution is 6.54. The molecular weight excluding hydrogens is 277 g/mol. The Hall–Kier alpha value is -1.72. The molecule has 3 rings (SSSR count). The highest BCUT2D eigenvalue weighted by Crippen LogP contribution is 2.47. The SMILES string of the molecule is CCC1CN(B(C)O)c2cc3ccccc3c(OCOC)c21. The maximum Gasteiger partial charge on any atom is 0.409 e. The maximum absolute atomic E-state index is 10.1. The highest BCUT2D eigenvalue weighted by atomic mass is 16.7. The van der Waals surface area contributed by atoms with E-state index in [4.69, 9.17) is 9.47 Å². The molecule has 2 aromatic rings. The van der Waals surface area contributed by atoms with E-state index in [-0.39, 0.29) is 6.79 Å². The molecule has 1 heterocycles. The molecule has 1 unspecified atom stereocenters. The van der Waals surface area contributed by atoms with Gasteiger partial charge in [0.25, 0.3) is 0 Å². The molecule has 116 valence electrons. The number of hydrogen-bond donors (Lipinski definition) is 1. The number of hydrogen-bond acceptors (Lipinski definition) is 4. The molecule has 1 atom stereocenters. The summed E-state index contributed by atoms with van der Waals surface area (Å²) in [4.78, 5) is 2.05. The first kappa shape index (κ1) is 15.2. The van der Waals surface area contributed by atoms with Gasteiger partial charge in [0, 0.05) is 36.2 Å². The van der Waals surface area contributed by atoms with E-state index in [2.05, 4.69) is 29.9 Å². The Kier molecular flexibility index (Phi) is 4.27. The molecule has 22 heavy (non-hydrogen) atoms. The van der Waals surface area contributed by atoms with Gasteiger partial charge in [-0.2, -0.15) is 0 Å². The minimum absolute atomic E-state index is 0.228. The summed E-state index contributed by atoms with van der Waals surface area (Å²) in [5.74, 6) is 1.26. The lowest BCUT2D eigenvalue weighted by Crippen LogP contribution is -2.36. The molecule has 1 aliphatic heterocycles. The molecule has 0 aliphatic carbocycles. The van der Waals surface area contributed by atoms with Crippen LogP contribution in [0, 0.1) is 0 Å². The van der Waals surface area contributed by atoms with Crippen LogP contribution >= 0.6 is 0 Å². The van der Waals surface area contributed by atoms with Gasteiger partial charge in [-0.25, -0.2) is 0 Å². The minimum Gasteiger partial charge on any atom is -0.467 e. The fraction of sp³-hybridized carbons (Fsp3) is 0.412. The number of fused-ring (bicyclic) bond motifs is 2. The monoisotopic (exact) mass is 299 g/mol. The van der Waals surface area contributed by atoms with Crippen LogP contribution in [-0.4, -0.2) is 32.5 Å². The van der Waals surface area contributed by atoms with E-state index in [1.54, 1.807) is 7.11 Å². The lowest BCUT2D eigenvalue weighted by atomic mass is 9.85. The molecule has 0 radical (unpaired) electrons. The lowest BCUT2D eigenvalue weighted by Gasteiger charge is -2.21. The molecule has 0 bridgehead atoms. The third-order valence-electron chi connectivity index (χ3n) is 4.42. The van der Waals surface area contributed by atoms with Crippen LogP contribution in [0.2, 0.25) is 6.82 Å². The second-order valence-electron chi connectivity index (χ2n) is 5.80. The van der Waals surface area contributed by atoms with Gasteiger partial charge < -0.3 is 19.3 Å². The van der Waals surface area contributed by atoms with E-state index < -0.39 is 7.05 Å². The van der Waals surface area contributed by atoms with Crippen molar-refractivity contribution in [3.05, 3.63) is 35.9 Å². The Balaban J connectivity index is 2.23. The van der Waals surface area contributed by atoms with Crippen LogP contribution in [0.5, 0.6) is 5.75 Å². The summed E-state index contributed by atoms with van der Waals surface area (Å²) in [6.07, 6.45) is 1.01. The Morgan fingerprint density at radius 3 is 2.82 bits per heavy atom. The van der Waals surface area contributed by atoms with E-state index >= 15 is 0 Å². The molecule has 0 amide bonds. The molecule has 0 aromatic heterocycles. The molecule has 1 N–H and O–H groups in total. The van der Waals surface area contributed by atoms with Crippen LogP contribution in [0.15, 0.2) is 30.3 Å². The topological polar surface area (TPSA) is 41.9 Å². The zero-order chi connectivity index (χ0) is 15.7. The molecule has 0 saturated heterocycles. The molecule has 0 spiro atoms. The average molecular weight is 299 g/mol. The fourth-order valence-corrected chi connectivity index (χ4v) is 3.34. The first-order chi connectivity index (χ1) is 10.7. The van der Waals surface area contributed by atoms with Gasteiger partial charge in [0.15, 0.2) is 6.79 Å². The molecule has 1 aliphatic rings. The van der Waals surface area contributed by atoms with E-state index in [1.807, 2.05) is 19.0 Å². The van der Waals surface area contributed by atoms with E-state index in [0.29, 0.717) is 5.92 Å². The number of ether oxygens (including phenoxy) is 2. The van der Waals surface area contributed by atoms with Gasteiger partial charge in [-0.3, -0.25) is 0 Å². The summed E-state index contributed by atoms with van der Waals surface area (Å²) in [6.45, 7) is 5.04. The Labute approximate surface area is 131 Å². The normalized spacial score (nSPS) is 16.9. The highest BCUT2D eigenvalue weighted by Gasteiger charge is 2.35. The largest absolute Gasteiger partial charge is 0.467 e. The first-order valence-electron chi connectivity index (χ1n) is 7.79. The van der Waals surface area contributed by atoms with E-state index in [9.17, 15) is 5.02 Å². The zero-order valence-corrected chi connectivity index (χ0v) is 13.4. The minimum atomic E-state index is -0.508. The quantitative estimate of drug-likeness (QED) is 0.680. The van der Waals surface area contributed by atoms with E-state index in [0.717, 1.165) is 35.2 Å². The summed E-state index contributed by atoms with van der Waals surface area (Å²) in [7, 11) is 1.12. The van der Waals surface area contributed by atoms with Crippen LogP contribution in [0.3, 0.4) is 0 Å². The van der Waals surface area contributed by atoms with Gasteiger partial charge >= 0.3 is 7.05 Å². The van der Waals surface area contributed by atoms with Gasteiger partial charge in [-0.1, -0.05) is 31.2 Å². The first-order valence-corrected chi connectivity index (χ1v) is 7.79. The van der Waals surface area contributed by atoms with Crippen molar-refractivity contribution in [1.29, 1.82) is 0 Å². The van der Waals surface area contributed by atoms with Gasteiger partial charge in [0.2, 0.25) is 0 Å². The number of nitrogens with zero attached hydrogens (tertiary/aromatic N) is 1. The van der Waals surface area contributed by atoms with Crippen LogP contribution in [0.25, 0.3) is 10.8 Å². The van der Waals surface area contributed by atoms with Gasteiger partial charge in [0.05, 0.1) is 0 Å². The smallest absolute Gasteiger partial charge is 0.409 e. The molecule has 0 saturated carbocycles. The number of benzene rings is 2. The second-order valence-corrected chi connectivity index (χ2v) is 5.80. The van der Waals surface area contributed by atoms with Crippen molar-refractivity contribution in [2.24, 2.45) is 0 Å². The second kappa shape index (κ2) is 6.19.